The molecule has 0 fully saturated rings. The van der Waals surface area contributed by atoms with Crippen molar-refractivity contribution < 1.29 is 9.59 Å². The highest BCUT2D eigenvalue weighted by molar-refractivity contribution is 5.91. The van der Waals surface area contributed by atoms with Crippen LogP contribution in [0.2, 0.25) is 0 Å². The van der Waals surface area contributed by atoms with Crippen LogP contribution in [-0.2, 0) is 9.59 Å². The van der Waals surface area contributed by atoms with E-state index in [1.54, 1.807) is 36.4 Å². The van der Waals surface area contributed by atoms with Crippen LogP contribution in [-0.4, -0.2) is 11.8 Å². The number of rotatable bonds is 4. The average molecular weight is 216 g/mol. The molecule has 82 valence electrons. The van der Waals surface area contributed by atoms with Crippen LogP contribution in [0, 0.1) is 0 Å². The summed E-state index contributed by atoms with van der Waals surface area (Å²) < 4.78 is 0. The Hall–Kier alpha value is -2.36. The Labute approximate surface area is 93.2 Å². The number of hydrogen-bond donors (Lipinski definition) is 2. The summed E-state index contributed by atoms with van der Waals surface area (Å²) in [5.74, 6) is -0.976. The monoisotopic (exact) mass is 216 g/mol. The largest absolute Gasteiger partial charge is 0.366 e. The Morgan fingerprint density at radius 3 is 1.38 bits per heavy atom. The van der Waals surface area contributed by atoms with Crippen molar-refractivity contribution in [2.45, 2.75) is 0 Å². The van der Waals surface area contributed by atoms with Crippen molar-refractivity contribution in [2.75, 3.05) is 0 Å². The zero-order chi connectivity index (χ0) is 12.0. The maximum atomic E-state index is 10.5. The van der Waals surface area contributed by atoms with Crippen LogP contribution in [0.5, 0.6) is 0 Å². The molecule has 0 atom stereocenters. The van der Waals surface area contributed by atoms with Gasteiger partial charge in [-0.1, -0.05) is 24.3 Å². The molecule has 16 heavy (non-hydrogen) atoms. The molecule has 0 bridgehead atoms. The van der Waals surface area contributed by atoms with E-state index in [9.17, 15) is 9.59 Å². The van der Waals surface area contributed by atoms with E-state index in [-0.39, 0.29) is 0 Å². The summed E-state index contributed by atoms with van der Waals surface area (Å²) in [7, 11) is 0. The lowest BCUT2D eigenvalue weighted by Crippen LogP contribution is -2.05. The maximum absolute atomic E-state index is 10.5. The second-order valence-corrected chi connectivity index (χ2v) is 3.14. The molecule has 4 heteroatoms. The van der Waals surface area contributed by atoms with Gasteiger partial charge in [0.1, 0.15) is 0 Å². The summed E-state index contributed by atoms with van der Waals surface area (Å²) in [5, 5.41) is 0. The van der Waals surface area contributed by atoms with Gasteiger partial charge in [0.2, 0.25) is 11.8 Å². The molecule has 1 aromatic carbocycles. The van der Waals surface area contributed by atoms with Crippen LogP contribution in [0.25, 0.3) is 12.2 Å². The average Bonchev–Trinajstić information content (AvgIpc) is 2.25. The van der Waals surface area contributed by atoms with Crippen LogP contribution in [0.3, 0.4) is 0 Å². The zero-order valence-corrected chi connectivity index (χ0v) is 8.59. The van der Waals surface area contributed by atoms with Crippen molar-refractivity contribution in [3.63, 3.8) is 0 Å². The summed E-state index contributed by atoms with van der Waals surface area (Å²) >= 11 is 0. The third kappa shape index (κ3) is 4.23. The first-order valence-corrected chi connectivity index (χ1v) is 4.63. The maximum Gasteiger partial charge on any atom is 0.241 e. The van der Waals surface area contributed by atoms with Gasteiger partial charge in [-0.05, 0) is 23.3 Å². The van der Waals surface area contributed by atoms with Gasteiger partial charge >= 0.3 is 0 Å². The summed E-state index contributed by atoms with van der Waals surface area (Å²) in [6.07, 6.45) is 5.80. The van der Waals surface area contributed by atoms with Crippen LogP contribution < -0.4 is 11.5 Å². The molecule has 2 amide bonds. The molecule has 4 nitrogen and oxygen atoms in total. The molecular weight excluding hydrogens is 204 g/mol. The molecule has 4 N–H and O–H groups in total. The van der Waals surface area contributed by atoms with E-state index >= 15 is 0 Å². The van der Waals surface area contributed by atoms with Gasteiger partial charge in [-0.25, -0.2) is 0 Å². The highest BCUT2D eigenvalue weighted by Gasteiger charge is 1.90. The molecule has 1 rings (SSSR count). The van der Waals surface area contributed by atoms with Crippen molar-refractivity contribution in [3.8, 4) is 0 Å². The van der Waals surface area contributed by atoms with Crippen LogP contribution in [0.4, 0.5) is 0 Å². The zero-order valence-electron chi connectivity index (χ0n) is 8.59. The molecule has 0 radical (unpaired) electrons. The second kappa shape index (κ2) is 5.50. The molecular formula is C12H12N2O2. The number of carbonyl (C=O) groups excluding carboxylic acids is 2. The fourth-order valence-electron chi connectivity index (χ4n) is 1.07. The predicted octanol–water partition coefficient (Wildman–Crippen LogP) is 0.684. The summed E-state index contributed by atoms with van der Waals surface area (Å²) in [6.45, 7) is 0. The van der Waals surface area contributed by atoms with Crippen LogP contribution >= 0.6 is 0 Å². The van der Waals surface area contributed by atoms with Crippen molar-refractivity contribution in [3.05, 3.63) is 47.5 Å². The Kier molecular flexibility index (Phi) is 4.03. The van der Waals surface area contributed by atoms with Gasteiger partial charge < -0.3 is 11.5 Å². The van der Waals surface area contributed by atoms with E-state index in [1.165, 1.54) is 12.2 Å². The van der Waals surface area contributed by atoms with Crippen molar-refractivity contribution in [1.82, 2.24) is 0 Å². The number of hydrogen-bond acceptors (Lipinski definition) is 2. The smallest absolute Gasteiger partial charge is 0.241 e. The molecule has 0 aliphatic rings. The molecule has 0 aliphatic carbocycles. The van der Waals surface area contributed by atoms with E-state index in [4.69, 9.17) is 11.5 Å². The first kappa shape index (κ1) is 11.7. The molecule has 0 saturated heterocycles. The Morgan fingerprint density at radius 1 is 0.812 bits per heavy atom. The van der Waals surface area contributed by atoms with E-state index in [0.29, 0.717) is 0 Å². The Balaban J connectivity index is 2.75. The SMILES string of the molecule is NC(=O)/C=C\c1ccc(/C=C/C(N)=O)cc1. The summed E-state index contributed by atoms with van der Waals surface area (Å²) in [5.41, 5.74) is 11.6. The molecule has 0 spiro atoms. The Bertz CT molecular complexity index is 402. The van der Waals surface area contributed by atoms with Crippen LogP contribution in [0.15, 0.2) is 36.4 Å². The first-order valence-electron chi connectivity index (χ1n) is 4.63. The van der Waals surface area contributed by atoms with Crippen molar-refractivity contribution in [2.24, 2.45) is 11.5 Å². The third-order valence-corrected chi connectivity index (χ3v) is 1.82. The number of primary amides is 2. The second-order valence-electron chi connectivity index (χ2n) is 3.14. The predicted molar refractivity (Wildman–Crippen MR) is 62.9 cm³/mol. The molecule has 0 saturated carbocycles. The van der Waals surface area contributed by atoms with Gasteiger partial charge in [-0.3, -0.25) is 9.59 Å². The minimum atomic E-state index is -0.488. The highest BCUT2D eigenvalue weighted by Crippen LogP contribution is 2.07. The van der Waals surface area contributed by atoms with Gasteiger partial charge in [-0.2, -0.15) is 0 Å². The topological polar surface area (TPSA) is 86.2 Å². The molecule has 0 aromatic heterocycles. The molecule has 0 aliphatic heterocycles. The number of nitrogens with two attached hydrogens (primary N) is 2. The van der Waals surface area contributed by atoms with E-state index < -0.39 is 11.8 Å². The summed E-state index contributed by atoms with van der Waals surface area (Å²) in [6, 6.07) is 7.22. The molecule has 1 aromatic rings. The van der Waals surface area contributed by atoms with E-state index in [2.05, 4.69) is 0 Å². The van der Waals surface area contributed by atoms with Gasteiger partial charge in [0.05, 0.1) is 0 Å². The number of carbonyl (C=O) groups is 2. The van der Waals surface area contributed by atoms with Gasteiger partial charge in [-0.15, -0.1) is 0 Å². The fourth-order valence-corrected chi connectivity index (χ4v) is 1.07. The highest BCUT2D eigenvalue weighted by atomic mass is 16.1. The fraction of sp³-hybridized carbons (Fsp3) is 0. The lowest BCUT2D eigenvalue weighted by Gasteiger charge is -1.95. The van der Waals surface area contributed by atoms with E-state index in [1.807, 2.05) is 0 Å². The lowest BCUT2D eigenvalue weighted by molar-refractivity contribution is -0.114. The Morgan fingerprint density at radius 2 is 1.12 bits per heavy atom. The van der Waals surface area contributed by atoms with E-state index in [0.717, 1.165) is 11.1 Å². The van der Waals surface area contributed by atoms with Crippen molar-refractivity contribution >= 4 is 24.0 Å². The third-order valence-electron chi connectivity index (χ3n) is 1.82. The van der Waals surface area contributed by atoms with Gasteiger partial charge in [0, 0.05) is 12.2 Å². The molecule has 0 heterocycles. The lowest BCUT2D eigenvalue weighted by atomic mass is 10.1. The van der Waals surface area contributed by atoms with Gasteiger partial charge in [0.25, 0.3) is 0 Å². The van der Waals surface area contributed by atoms with Crippen molar-refractivity contribution in [1.29, 1.82) is 0 Å². The number of benzene rings is 1. The number of amides is 2. The quantitative estimate of drug-likeness (QED) is 0.725. The molecule has 0 unspecified atom stereocenters. The van der Waals surface area contributed by atoms with Crippen LogP contribution in [0.1, 0.15) is 11.1 Å². The van der Waals surface area contributed by atoms with Gasteiger partial charge in [0.15, 0.2) is 0 Å². The normalized spacial score (nSPS) is 11.0. The first-order chi connectivity index (χ1) is 7.58. The minimum absolute atomic E-state index is 0.488. The minimum Gasteiger partial charge on any atom is -0.366 e. The summed E-state index contributed by atoms with van der Waals surface area (Å²) in [4.78, 5) is 21.0. The standard InChI is InChI=1S/C12H12N2O2/c13-11(15)7-5-9-1-2-10(4-3-9)6-8-12(14)16/h1-8H,(H2,13,15)(H2,14,16)/b7-5-,8-6+.